The van der Waals surface area contributed by atoms with Gasteiger partial charge in [-0.2, -0.15) is 0 Å². The van der Waals surface area contributed by atoms with Gasteiger partial charge in [-0.05, 0) is 37.2 Å². The van der Waals surface area contributed by atoms with E-state index in [1.165, 1.54) is 31.2 Å². The molecule has 1 aliphatic heterocycles. The topological polar surface area (TPSA) is 41.1 Å². The fraction of sp³-hybridized carbons (Fsp3) is 0.588. The number of nitrogens with one attached hydrogen (secondary N) is 2. The monoisotopic (exact) mass is 272 g/mol. The summed E-state index contributed by atoms with van der Waals surface area (Å²) in [5, 5.41) is 6.76. The van der Waals surface area contributed by atoms with Crippen LogP contribution in [-0.2, 0) is 11.2 Å². The Labute approximate surface area is 121 Å². The third kappa shape index (κ3) is 3.40. The van der Waals surface area contributed by atoms with Crippen molar-refractivity contribution in [3.05, 3.63) is 35.9 Å². The van der Waals surface area contributed by atoms with Gasteiger partial charge in [0.1, 0.15) is 0 Å². The molecule has 20 heavy (non-hydrogen) atoms. The Hall–Kier alpha value is -1.35. The van der Waals surface area contributed by atoms with Crippen molar-refractivity contribution < 1.29 is 4.79 Å². The Morgan fingerprint density at radius 3 is 2.75 bits per heavy atom. The molecule has 1 saturated carbocycles. The lowest BCUT2D eigenvalue weighted by atomic mass is 9.93. The van der Waals surface area contributed by atoms with Crippen LogP contribution in [0, 0.1) is 5.92 Å². The highest BCUT2D eigenvalue weighted by Crippen LogP contribution is 2.29. The van der Waals surface area contributed by atoms with E-state index in [2.05, 4.69) is 41.0 Å². The highest BCUT2D eigenvalue weighted by atomic mass is 16.1. The summed E-state index contributed by atoms with van der Waals surface area (Å²) < 4.78 is 0. The second kappa shape index (κ2) is 6.40. The molecule has 108 valence electrons. The first-order valence-corrected chi connectivity index (χ1v) is 7.88. The van der Waals surface area contributed by atoms with E-state index in [0.717, 1.165) is 18.9 Å². The molecule has 0 aromatic heterocycles. The molecule has 1 aromatic rings. The van der Waals surface area contributed by atoms with Gasteiger partial charge >= 0.3 is 0 Å². The number of hydrogen-bond acceptors (Lipinski definition) is 2. The molecule has 1 aliphatic carbocycles. The lowest BCUT2D eigenvalue weighted by Crippen LogP contribution is -2.50. The summed E-state index contributed by atoms with van der Waals surface area (Å²) >= 11 is 0. The minimum Gasteiger partial charge on any atom is -0.355 e. The smallest absolute Gasteiger partial charge is 0.220 e. The maximum Gasteiger partial charge on any atom is 0.220 e. The van der Waals surface area contributed by atoms with E-state index >= 15 is 0 Å². The molecule has 0 unspecified atom stereocenters. The number of rotatable bonds is 4. The highest BCUT2D eigenvalue weighted by molar-refractivity contribution is 5.76. The Bertz CT molecular complexity index is 436. The van der Waals surface area contributed by atoms with Gasteiger partial charge in [0.05, 0.1) is 0 Å². The largest absolute Gasteiger partial charge is 0.355 e. The Morgan fingerprint density at radius 1 is 1.15 bits per heavy atom. The zero-order valence-corrected chi connectivity index (χ0v) is 12.0. The molecule has 3 rings (SSSR count). The van der Waals surface area contributed by atoms with Crippen LogP contribution in [0.15, 0.2) is 30.3 Å². The Morgan fingerprint density at radius 2 is 2.00 bits per heavy atom. The average Bonchev–Trinajstić information content (AvgIpc) is 2.90. The van der Waals surface area contributed by atoms with Crippen molar-refractivity contribution in [3.63, 3.8) is 0 Å². The van der Waals surface area contributed by atoms with E-state index < -0.39 is 0 Å². The summed E-state index contributed by atoms with van der Waals surface area (Å²) in [7, 11) is 0. The molecule has 3 nitrogen and oxygen atoms in total. The number of piperidine rings is 1. The molecule has 1 aromatic carbocycles. The van der Waals surface area contributed by atoms with E-state index in [1.54, 1.807) is 0 Å². The fourth-order valence-corrected chi connectivity index (χ4v) is 3.60. The average molecular weight is 272 g/mol. The predicted molar refractivity (Wildman–Crippen MR) is 80.4 cm³/mol. The van der Waals surface area contributed by atoms with Crippen molar-refractivity contribution in [2.75, 3.05) is 6.54 Å². The lowest BCUT2D eigenvalue weighted by molar-refractivity contribution is -0.122. The molecule has 1 amide bonds. The van der Waals surface area contributed by atoms with Crippen LogP contribution >= 0.6 is 0 Å². The molecular weight excluding hydrogens is 248 g/mol. The quantitative estimate of drug-likeness (QED) is 0.883. The summed E-state index contributed by atoms with van der Waals surface area (Å²) in [5.74, 6) is 0.949. The maximum absolute atomic E-state index is 11.2. The molecule has 2 aliphatic rings. The second-order valence-corrected chi connectivity index (χ2v) is 6.19. The van der Waals surface area contributed by atoms with Crippen LogP contribution in [0.4, 0.5) is 0 Å². The van der Waals surface area contributed by atoms with E-state index in [1.807, 2.05) is 0 Å². The van der Waals surface area contributed by atoms with Gasteiger partial charge in [-0.15, -0.1) is 0 Å². The molecular formula is C17H24N2O. The van der Waals surface area contributed by atoms with Crippen LogP contribution < -0.4 is 10.6 Å². The maximum atomic E-state index is 11.2. The zero-order valence-electron chi connectivity index (χ0n) is 12.0. The number of benzene rings is 1. The van der Waals surface area contributed by atoms with E-state index in [-0.39, 0.29) is 5.91 Å². The summed E-state index contributed by atoms with van der Waals surface area (Å²) in [6.45, 7) is 0.799. The standard InChI is InChI=1S/C17H24N2O/c20-17-10-9-15(12-18-17)19-16-8-4-7-14(16)11-13-5-2-1-3-6-13/h1-3,5-6,14-16,19H,4,7-12H2,(H,18,20)/t14-,15-,16+/m0/s1. The SMILES string of the molecule is O=C1CC[C@H](N[C@@H]2CCC[C@H]2Cc2ccccc2)CN1. The highest BCUT2D eigenvalue weighted by Gasteiger charge is 2.30. The van der Waals surface area contributed by atoms with Crippen LogP contribution in [0.5, 0.6) is 0 Å². The van der Waals surface area contributed by atoms with Crippen molar-refractivity contribution in [1.82, 2.24) is 10.6 Å². The van der Waals surface area contributed by atoms with Gasteiger partial charge in [0.25, 0.3) is 0 Å². The first-order valence-electron chi connectivity index (χ1n) is 7.88. The number of carbonyl (C=O) groups is 1. The van der Waals surface area contributed by atoms with Gasteiger partial charge < -0.3 is 10.6 Å². The van der Waals surface area contributed by atoms with Gasteiger partial charge in [-0.1, -0.05) is 36.8 Å². The van der Waals surface area contributed by atoms with Crippen LogP contribution in [0.2, 0.25) is 0 Å². The molecule has 1 heterocycles. The van der Waals surface area contributed by atoms with Crippen LogP contribution in [0.3, 0.4) is 0 Å². The lowest BCUT2D eigenvalue weighted by Gasteiger charge is -2.30. The van der Waals surface area contributed by atoms with Gasteiger partial charge in [0.15, 0.2) is 0 Å². The van der Waals surface area contributed by atoms with Gasteiger partial charge in [0, 0.05) is 25.0 Å². The molecule has 0 radical (unpaired) electrons. The van der Waals surface area contributed by atoms with Crippen molar-refractivity contribution in [2.45, 2.75) is 50.6 Å². The summed E-state index contributed by atoms with van der Waals surface area (Å²) in [4.78, 5) is 11.2. The summed E-state index contributed by atoms with van der Waals surface area (Å²) in [6, 6.07) is 11.9. The second-order valence-electron chi connectivity index (χ2n) is 6.19. The molecule has 0 bridgehead atoms. The molecule has 3 atom stereocenters. The molecule has 2 N–H and O–H groups in total. The van der Waals surface area contributed by atoms with E-state index in [0.29, 0.717) is 18.5 Å². The van der Waals surface area contributed by atoms with Crippen molar-refractivity contribution >= 4 is 5.91 Å². The van der Waals surface area contributed by atoms with Gasteiger partial charge in [-0.3, -0.25) is 4.79 Å². The third-order valence-electron chi connectivity index (χ3n) is 4.72. The number of hydrogen-bond donors (Lipinski definition) is 2. The van der Waals surface area contributed by atoms with Crippen LogP contribution in [0.1, 0.15) is 37.7 Å². The Kier molecular flexibility index (Phi) is 4.36. The molecule has 0 spiro atoms. The first-order chi connectivity index (χ1) is 9.81. The zero-order chi connectivity index (χ0) is 13.8. The van der Waals surface area contributed by atoms with E-state index in [4.69, 9.17) is 0 Å². The number of amides is 1. The van der Waals surface area contributed by atoms with Gasteiger partial charge in [-0.25, -0.2) is 0 Å². The van der Waals surface area contributed by atoms with E-state index in [9.17, 15) is 4.79 Å². The third-order valence-corrected chi connectivity index (χ3v) is 4.72. The molecule has 3 heteroatoms. The van der Waals surface area contributed by atoms with Gasteiger partial charge in [0.2, 0.25) is 5.91 Å². The minimum absolute atomic E-state index is 0.204. The molecule has 1 saturated heterocycles. The van der Waals surface area contributed by atoms with Crippen molar-refractivity contribution in [2.24, 2.45) is 5.92 Å². The van der Waals surface area contributed by atoms with Crippen molar-refractivity contribution in [1.29, 1.82) is 0 Å². The first kappa shape index (κ1) is 13.6. The summed E-state index contributed by atoms with van der Waals surface area (Å²) in [6.07, 6.45) is 6.77. The minimum atomic E-state index is 0.204. The normalized spacial score (nSPS) is 30.2. The predicted octanol–water partition coefficient (Wildman–Crippen LogP) is 2.27. The molecule has 2 fully saturated rings. The Balaban J connectivity index is 1.54. The van der Waals surface area contributed by atoms with Crippen LogP contribution in [-0.4, -0.2) is 24.5 Å². The van der Waals surface area contributed by atoms with Crippen LogP contribution in [0.25, 0.3) is 0 Å². The van der Waals surface area contributed by atoms with Crippen molar-refractivity contribution in [3.8, 4) is 0 Å². The summed E-state index contributed by atoms with van der Waals surface area (Å²) in [5.41, 5.74) is 1.45. The number of carbonyl (C=O) groups excluding carboxylic acids is 1. The fourth-order valence-electron chi connectivity index (χ4n) is 3.60.